The average Bonchev–Trinajstić information content (AvgIpc) is 3.27. The Bertz CT molecular complexity index is 1170. The third-order valence-corrected chi connectivity index (χ3v) is 6.00. The summed E-state index contributed by atoms with van der Waals surface area (Å²) in [6, 6.07) is 22.9. The van der Waals surface area contributed by atoms with Gasteiger partial charge in [0.15, 0.2) is 5.78 Å². The van der Waals surface area contributed by atoms with Gasteiger partial charge >= 0.3 is 0 Å². The minimum Gasteiger partial charge on any atom is -0.497 e. The number of benzene rings is 3. The van der Waals surface area contributed by atoms with Crippen molar-refractivity contribution < 1.29 is 13.9 Å². The second-order valence-electron chi connectivity index (χ2n) is 7.24. The number of carbonyl (C=O) groups excluding carboxylic acids is 1. The first-order valence-corrected chi connectivity index (χ1v) is 10.7. The highest BCUT2D eigenvalue weighted by atomic mass is 32.2. The zero-order valence-electron chi connectivity index (χ0n) is 17.5. The van der Waals surface area contributed by atoms with Crippen molar-refractivity contribution in [1.82, 2.24) is 10.2 Å². The van der Waals surface area contributed by atoms with Crippen LogP contribution in [0.3, 0.4) is 0 Å². The van der Waals surface area contributed by atoms with Gasteiger partial charge in [0.1, 0.15) is 11.0 Å². The van der Waals surface area contributed by atoms with Gasteiger partial charge in [-0.25, -0.2) is 0 Å². The van der Waals surface area contributed by atoms with E-state index in [9.17, 15) is 4.79 Å². The number of Topliss-reactive ketones (excluding diaryl/α,β-unsaturated/α-hetero) is 1. The first kappa shape index (κ1) is 20.9. The molecule has 0 saturated heterocycles. The Kier molecular flexibility index (Phi) is 6.18. The van der Waals surface area contributed by atoms with E-state index in [1.54, 1.807) is 7.11 Å². The number of methoxy groups -OCH3 is 1. The maximum absolute atomic E-state index is 13.4. The third kappa shape index (κ3) is 4.86. The lowest BCUT2D eigenvalue weighted by Gasteiger charge is -2.14. The lowest BCUT2D eigenvalue weighted by atomic mass is 10.0. The molecule has 0 bridgehead atoms. The van der Waals surface area contributed by atoms with Crippen LogP contribution in [-0.4, -0.2) is 23.1 Å². The number of aromatic nitrogens is 2. The normalized spacial score (nSPS) is 11.8. The van der Waals surface area contributed by atoms with Gasteiger partial charge in [-0.2, -0.15) is 0 Å². The summed E-state index contributed by atoms with van der Waals surface area (Å²) in [5.74, 6) is 1.15. The van der Waals surface area contributed by atoms with Crippen LogP contribution in [0.4, 0.5) is 0 Å². The van der Waals surface area contributed by atoms with Crippen molar-refractivity contribution in [3.05, 3.63) is 95.1 Å². The Labute approximate surface area is 185 Å². The van der Waals surface area contributed by atoms with Crippen LogP contribution >= 0.6 is 11.8 Å². The molecule has 0 aliphatic heterocycles. The largest absolute Gasteiger partial charge is 0.497 e. The van der Waals surface area contributed by atoms with Crippen LogP contribution < -0.4 is 4.74 Å². The minimum atomic E-state index is -0.493. The number of rotatable bonds is 7. The maximum atomic E-state index is 13.4. The number of hydrogen-bond acceptors (Lipinski definition) is 6. The van der Waals surface area contributed by atoms with Gasteiger partial charge in [-0.15, -0.1) is 10.2 Å². The molecule has 5 nitrogen and oxygen atoms in total. The lowest BCUT2D eigenvalue weighted by molar-refractivity contribution is 0.0989. The Morgan fingerprint density at radius 3 is 2.10 bits per heavy atom. The molecule has 0 amide bonds. The van der Waals surface area contributed by atoms with Crippen molar-refractivity contribution in [2.75, 3.05) is 7.11 Å². The molecule has 3 aromatic carbocycles. The minimum absolute atomic E-state index is 0.00181. The quantitative estimate of drug-likeness (QED) is 0.262. The van der Waals surface area contributed by atoms with Crippen molar-refractivity contribution in [2.45, 2.75) is 24.3 Å². The van der Waals surface area contributed by atoms with E-state index in [-0.39, 0.29) is 5.78 Å². The summed E-state index contributed by atoms with van der Waals surface area (Å²) in [6.45, 7) is 4.02. The predicted octanol–water partition coefficient (Wildman–Crippen LogP) is 6.08. The van der Waals surface area contributed by atoms with E-state index in [0.717, 1.165) is 28.0 Å². The molecule has 1 aromatic heterocycles. The van der Waals surface area contributed by atoms with E-state index in [4.69, 9.17) is 9.15 Å². The average molecular weight is 431 g/mol. The smallest absolute Gasteiger partial charge is 0.277 e. The van der Waals surface area contributed by atoms with Gasteiger partial charge in [0, 0.05) is 11.1 Å². The van der Waals surface area contributed by atoms with Gasteiger partial charge in [-0.05, 0) is 55.4 Å². The van der Waals surface area contributed by atoms with E-state index >= 15 is 0 Å². The second kappa shape index (κ2) is 9.18. The van der Waals surface area contributed by atoms with Gasteiger partial charge in [0.25, 0.3) is 5.22 Å². The molecule has 0 saturated carbocycles. The highest BCUT2D eigenvalue weighted by molar-refractivity contribution is 8.00. The van der Waals surface area contributed by atoms with Gasteiger partial charge in [-0.3, -0.25) is 4.79 Å². The van der Waals surface area contributed by atoms with Crippen molar-refractivity contribution in [3.63, 3.8) is 0 Å². The van der Waals surface area contributed by atoms with Crippen LogP contribution in [0.25, 0.3) is 11.5 Å². The Hall–Kier alpha value is -3.38. The highest BCUT2D eigenvalue weighted by Gasteiger charge is 2.26. The molecule has 4 aromatic rings. The summed E-state index contributed by atoms with van der Waals surface area (Å²) >= 11 is 1.26. The molecule has 1 unspecified atom stereocenters. The monoisotopic (exact) mass is 430 g/mol. The number of carbonyl (C=O) groups is 1. The van der Waals surface area contributed by atoms with Crippen LogP contribution in [0.2, 0.25) is 0 Å². The van der Waals surface area contributed by atoms with E-state index in [0.29, 0.717) is 16.7 Å². The Balaban J connectivity index is 1.63. The summed E-state index contributed by atoms with van der Waals surface area (Å²) < 4.78 is 11.1. The summed E-state index contributed by atoms with van der Waals surface area (Å²) in [4.78, 5) is 13.4. The third-order valence-electron chi connectivity index (χ3n) is 4.92. The van der Waals surface area contributed by atoms with Crippen molar-refractivity contribution >= 4 is 17.5 Å². The molecule has 1 heterocycles. The van der Waals surface area contributed by atoms with Crippen LogP contribution in [-0.2, 0) is 0 Å². The molecular formula is C25H22N2O3S. The molecule has 156 valence electrons. The van der Waals surface area contributed by atoms with Gasteiger partial charge in [0.2, 0.25) is 5.89 Å². The summed E-state index contributed by atoms with van der Waals surface area (Å²) in [5.41, 5.74) is 4.58. The van der Waals surface area contributed by atoms with Crippen LogP contribution in [0.5, 0.6) is 5.75 Å². The molecule has 6 heteroatoms. The summed E-state index contributed by atoms with van der Waals surface area (Å²) in [5, 5.41) is 8.18. The second-order valence-corrected chi connectivity index (χ2v) is 8.30. The molecular weight excluding hydrogens is 408 g/mol. The van der Waals surface area contributed by atoms with Crippen LogP contribution in [0, 0.1) is 13.8 Å². The summed E-state index contributed by atoms with van der Waals surface area (Å²) in [6.07, 6.45) is 0. The standard InChI is InChI=1S/C25H22N2O3S/c1-16-4-8-18(9-5-16)22(28)23(19-10-6-17(2)7-11-19)31-25-27-26-24(30-25)20-12-14-21(29-3)15-13-20/h4-15,23H,1-3H3. The van der Waals surface area contributed by atoms with Crippen LogP contribution in [0.15, 0.2) is 82.4 Å². The summed E-state index contributed by atoms with van der Waals surface area (Å²) in [7, 11) is 1.62. The highest BCUT2D eigenvalue weighted by Crippen LogP contribution is 2.38. The van der Waals surface area contributed by atoms with Gasteiger partial charge in [0.05, 0.1) is 7.11 Å². The molecule has 4 rings (SSSR count). The fourth-order valence-electron chi connectivity index (χ4n) is 3.09. The molecule has 0 aliphatic carbocycles. The molecule has 31 heavy (non-hydrogen) atoms. The van der Waals surface area contributed by atoms with E-state index in [1.165, 1.54) is 11.8 Å². The van der Waals surface area contributed by atoms with Crippen LogP contribution in [0.1, 0.15) is 32.3 Å². The topological polar surface area (TPSA) is 65.2 Å². The predicted molar refractivity (Wildman–Crippen MR) is 122 cm³/mol. The van der Waals surface area contributed by atoms with Crippen molar-refractivity contribution in [3.8, 4) is 17.2 Å². The zero-order valence-corrected chi connectivity index (χ0v) is 18.3. The Morgan fingerprint density at radius 2 is 1.48 bits per heavy atom. The maximum Gasteiger partial charge on any atom is 0.277 e. The number of ether oxygens (including phenoxy) is 1. The fraction of sp³-hybridized carbons (Fsp3) is 0.160. The molecule has 0 radical (unpaired) electrons. The first-order valence-electron chi connectivity index (χ1n) is 9.85. The SMILES string of the molecule is COc1ccc(-c2nnc(SC(C(=O)c3ccc(C)cc3)c3ccc(C)cc3)o2)cc1. The zero-order chi connectivity index (χ0) is 21.8. The van der Waals surface area contributed by atoms with Gasteiger partial charge < -0.3 is 9.15 Å². The first-order chi connectivity index (χ1) is 15.0. The Morgan fingerprint density at radius 1 is 0.871 bits per heavy atom. The molecule has 0 spiro atoms. The molecule has 0 N–H and O–H groups in total. The number of aryl methyl sites for hydroxylation is 2. The number of ketones is 1. The lowest BCUT2D eigenvalue weighted by Crippen LogP contribution is -2.10. The van der Waals surface area contributed by atoms with E-state index < -0.39 is 5.25 Å². The molecule has 0 aliphatic rings. The van der Waals surface area contributed by atoms with E-state index in [2.05, 4.69) is 10.2 Å². The van der Waals surface area contributed by atoms with Gasteiger partial charge in [-0.1, -0.05) is 59.7 Å². The van der Waals surface area contributed by atoms with Crippen molar-refractivity contribution in [2.24, 2.45) is 0 Å². The number of nitrogens with zero attached hydrogens (tertiary/aromatic N) is 2. The molecule has 1 atom stereocenters. The number of hydrogen-bond donors (Lipinski definition) is 0. The van der Waals surface area contributed by atoms with E-state index in [1.807, 2.05) is 86.6 Å². The fourth-order valence-corrected chi connectivity index (χ4v) is 4.04. The van der Waals surface area contributed by atoms with Crippen molar-refractivity contribution in [1.29, 1.82) is 0 Å². The molecule has 0 fully saturated rings. The number of thioether (sulfide) groups is 1.